The average Bonchev–Trinajstić information content (AvgIpc) is 3.43. The SMILES string of the molecule is C=CCn1c(Cc2ccccc2)nnc1SCC(=O)Nc1nc(-c2ccc(C)c(C)c2)cs1. The molecular weight excluding hydrogens is 450 g/mol. The third kappa shape index (κ3) is 5.77. The number of allylic oxidation sites excluding steroid dienone is 1. The number of nitrogens with zero attached hydrogens (tertiary/aromatic N) is 4. The van der Waals surface area contributed by atoms with E-state index in [4.69, 9.17) is 0 Å². The third-order valence-electron chi connectivity index (χ3n) is 5.20. The molecule has 0 saturated heterocycles. The van der Waals surface area contributed by atoms with E-state index in [0.29, 0.717) is 23.3 Å². The Morgan fingerprint density at radius 3 is 2.73 bits per heavy atom. The molecule has 0 aliphatic carbocycles. The van der Waals surface area contributed by atoms with Crippen LogP contribution in [0.15, 0.2) is 71.7 Å². The summed E-state index contributed by atoms with van der Waals surface area (Å²) in [5.74, 6) is 0.944. The minimum atomic E-state index is -0.126. The molecule has 0 unspecified atom stereocenters. The van der Waals surface area contributed by atoms with Crippen LogP contribution in [0.5, 0.6) is 0 Å². The summed E-state index contributed by atoms with van der Waals surface area (Å²) in [6, 6.07) is 16.4. The van der Waals surface area contributed by atoms with Gasteiger partial charge < -0.3 is 9.88 Å². The molecule has 0 bridgehead atoms. The van der Waals surface area contributed by atoms with Crippen LogP contribution in [0, 0.1) is 13.8 Å². The number of anilines is 1. The van der Waals surface area contributed by atoms with E-state index in [-0.39, 0.29) is 11.7 Å². The fourth-order valence-corrected chi connectivity index (χ4v) is 4.80. The van der Waals surface area contributed by atoms with Crippen LogP contribution in [0.1, 0.15) is 22.5 Å². The highest BCUT2D eigenvalue weighted by atomic mass is 32.2. The Kier molecular flexibility index (Phi) is 7.36. The molecule has 4 rings (SSSR count). The first-order valence-electron chi connectivity index (χ1n) is 10.6. The van der Waals surface area contributed by atoms with Crippen LogP contribution in [0.4, 0.5) is 5.13 Å². The van der Waals surface area contributed by atoms with Crippen molar-refractivity contribution >= 4 is 34.1 Å². The summed E-state index contributed by atoms with van der Waals surface area (Å²) in [6.45, 7) is 8.60. The van der Waals surface area contributed by atoms with Crippen LogP contribution in [0.3, 0.4) is 0 Å². The number of carbonyl (C=O) groups is 1. The average molecular weight is 476 g/mol. The fraction of sp³-hybridized carbons (Fsp3) is 0.200. The summed E-state index contributed by atoms with van der Waals surface area (Å²) in [5, 5.41) is 14.8. The largest absolute Gasteiger partial charge is 0.302 e. The molecule has 0 aliphatic rings. The number of aromatic nitrogens is 4. The number of rotatable bonds is 9. The van der Waals surface area contributed by atoms with Gasteiger partial charge in [0.05, 0.1) is 11.4 Å². The standard InChI is InChI=1S/C25H25N5OS2/c1-4-12-30-22(14-19-8-6-5-7-9-19)28-29-25(30)33-16-23(31)27-24-26-21(15-32-24)20-11-10-17(2)18(3)13-20/h4-11,13,15H,1,12,14,16H2,2-3H3,(H,26,27,31). The highest BCUT2D eigenvalue weighted by molar-refractivity contribution is 7.99. The molecule has 0 atom stereocenters. The van der Waals surface area contributed by atoms with E-state index in [1.165, 1.54) is 34.2 Å². The summed E-state index contributed by atoms with van der Waals surface area (Å²) in [5.41, 5.74) is 5.54. The Labute approximate surface area is 201 Å². The number of hydrogen-bond donors (Lipinski definition) is 1. The van der Waals surface area contributed by atoms with Crippen molar-refractivity contribution in [3.63, 3.8) is 0 Å². The first-order chi connectivity index (χ1) is 16.0. The lowest BCUT2D eigenvalue weighted by atomic mass is 10.1. The molecule has 8 heteroatoms. The lowest BCUT2D eigenvalue weighted by molar-refractivity contribution is -0.113. The van der Waals surface area contributed by atoms with Crippen molar-refractivity contribution in [1.82, 2.24) is 19.7 Å². The molecule has 1 N–H and O–H groups in total. The van der Waals surface area contributed by atoms with Gasteiger partial charge in [0.1, 0.15) is 5.82 Å². The molecule has 33 heavy (non-hydrogen) atoms. The maximum absolute atomic E-state index is 12.6. The van der Waals surface area contributed by atoms with E-state index in [2.05, 4.69) is 71.3 Å². The van der Waals surface area contributed by atoms with Gasteiger partial charge in [-0.3, -0.25) is 4.79 Å². The van der Waals surface area contributed by atoms with Crippen molar-refractivity contribution in [3.8, 4) is 11.3 Å². The van der Waals surface area contributed by atoms with Gasteiger partial charge in [-0.2, -0.15) is 0 Å². The van der Waals surface area contributed by atoms with Crippen LogP contribution in [0.25, 0.3) is 11.3 Å². The summed E-state index contributed by atoms with van der Waals surface area (Å²) in [4.78, 5) is 17.1. The molecule has 1 amide bonds. The van der Waals surface area contributed by atoms with Gasteiger partial charge in [-0.05, 0) is 36.6 Å². The highest BCUT2D eigenvalue weighted by Crippen LogP contribution is 2.27. The first kappa shape index (κ1) is 22.9. The van der Waals surface area contributed by atoms with Crippen molar-refractivity contribution in [1.29, 1.82) is 0 Å². The van der Waals surface area contributed by atoms with E-state index in [1.807, 2.05) is 34.2 Å². The predicted molar refractivity (Wildman–Crippen MR) is 136 cm³/mol. The van der Waals surface area contributed by atoms with Crippen molar-refractivity contribution < 1.29 is 4.79 Å². The molecule has 2 heterocycles. The molecule has 4 aromatic rings. The number of thioether (sulfide) groups is 1. The van der Waals surface area contributed by atoms with E-state index in [0.717, 1.165) is 22.6 Å². The van der Waals surface area contributed by atoms with Crippen LogP contribution in [-0.4, -0.2) is 31.4 Å². The summed E-state index contributed by atoms with van der Waals surface area (Å²) in [7, 11) is 0. The Hall–Kier alpha value is -3.23. The van der Waals surface area contributed by atoms with Crippen molar-refractivity contribution in [2.45, 2.75) is 32.0 Å². The van der Waals surface area contributed by atoms with Gasteiger partial charge in [0.25, 0.3) is 0 Å². The van der Waals surface area contributed by atoms with E-state index < -0.39 is 0 Å². The molecule has 2 aromatic heterocycles. The second-order valence-electron chi connectivity index (χ2n) is 7.63. The molecule has 2 aromatic carbocycles. The Bertz CT molecular complexity index is 1260. The van der Waals surface area contributed by atoms with E-state index in [9.17, 15) is 4.79 Å². The lowest BCUT2D eigenvalue weighted by Gasteiger charge is -2.07. The zero-order chi connectivity index (χ0) is 23.2. The monoisotopic (exact) mass is 475 g/mol. The van der Waals surface area contributed by atoms with Crippen molar-refractivity contribution in [3.05, 3.63) is 89.1 Å². The van der Waals surface area contributed by atoms with Crippen LogP contribution in [0.2, 0.25) is 0 Å². The van der Waals surface area contributed by atoms with Gasteiger partial charge in [-0.1, -0.05) is 60.3 Å². The summed E-state index contributed by atoms with van der Waals surface area (Å²) >= 11 is 2.78. The number of hydrogen-bond acceptors (Lipinski definition) is 6. The maximum atomic E-state index is 12.6. The molecule has 168 valence electrons. The fourth-order valence-electron chi connectivity index (χ4n) is 3.30. The minimum Gasteiger partial charge on any atom is -0.302 e. The second-order valence-corrected chi connectivity index (χ2v) is 9.43. The number of aryl methyl sites for hydroxylation is 2. The molecular formula is C25H25N5OS2. The molecule has 6 nitrogen and oxygen atoms in total. The second kappa shape index (κ2) is 10.6. The third-order valence-corrected chi connectivity index (χ3v) is 6.92. The van der Waals surface area contributed by atoms with Gasteiger partial charge in [0.2, 0.25) is 5.91 Å². The quantitative estimate of drug-likeness (QED) is 0.255. The smallest absolute Gasteiger partial charge is 0.236 e. The molecule has 0 fully saturated rings. The van der Waals surface area contributed by atoms with Gasteiger partial charge in [-0.25, -0.2) is 4.98 Å². The van der Waals surface area contributed by atoms with Gasteiger partial charge in [0.15, 0.2) is 10.3 Å². The normalized spacial score (nSPS) is 10.8. The van der Waals surface area contributed by atoms with Crippen LogP contribution >= 0.6 is 23.1 Å². The first-order valence-corrected chi connectivity index (χ1v) is 12.4. The lowest BCUT2D eigenvalue weighted by Crippen LogP contribution is -2.14. The van der Waals surface area contributed by atoms with Gasteiger partial charge in [0, 0.05) is 23.9 Å². The predicted octanol–water partition coefficient (Wildman–Crippen LogP) is 5.53. The number of amides is 1. The number of carbonyl (C=O) groups excluding carboxylic acids is 1. The molecule has 0 aliphatic heterocycles. The van der Waals surface area contributed by atoms with E-state index in [1.54, 1.807) is 0 Å². The van der Waals surface area contributed by atoms with Crippen LogP contribution in [-0.2, 0) is 17.8 Å². The number of benzene rings is 2. The van der Waals surface area contributed by atoms with Crippen LogP contribution < -0.4 is 5.32 Å². The van der Waals surface area contributed by atoms with Gasteiger partial charge >= 0.3 is 0 Å². The summed E-state index contributed by atoms with van der Waals surface area (Å²) < 4.78 is 2.00. The minimum absolute atomic E-state index is 0.126. The maximum Gasteiger partial charge on any atom is 0.236 e. The van der Waals surface area contributed by atoms with Gasteiger partial charge in [-0.15, -0.1) is 28.1 Å². The summed E-state index contributed by atoms with van der Waals surface area (Å²) in [6.07, 6.45) is 2.49. The number of nitrogens with one attached hydrogen (secondary N) is 1. The Balaban J connectivity index is 1.38. The molecule has 0 radical (unpaired) electrons. The highest BCUT2D eigenvalue weighted by Gasteiger charge is 2.15. The van der Waals surface area contributed by atoms with E-state index >= 15 is 0 Å². The Morgan fingerprint density at radius 1 is 1.15 bits per heavy atom. The Morgan fingerprint density at radius 2 is 1.97 bits per heavy atom. The van der Waals surface area contributed by atoms with Crippen molar-refractivity contribution in [2.24, 2.45) is 0 Å². The molecule has 0 saturated carbocycles. The zero-order valence-electron chi connectivity index (χ0n) is 18.6. The molecule has 0 spiro atoms. The van der Waals surface area contributed by atoms with Crippen molar-refractivity contribution in [2.75, 3.05) is 11.1 Å². The zero-order valence-corrected chi connectivity index (χ0v) is 20.2. The number of thiazole rings is 1. The topological polar surface area (TPSA) is 72.7 Å².